The van der Waals surface area contributed by atoms with E-state index in [0.29, 0.717) is 10.8 Å². The molecule has 21 heteroatoms. The van der Waals surface area contributed by atoms with Gasteiger partial charge in [0.2, 0.25) is 0 Å². The van der Waals surface area contributed by atoms with E-state index in [1.165, 1.54) is 7.11 Å². The Morgan fingerprint density at radius 2 is 1.74 bits per heavy atom. The van der Waals surface area contributed by atoms with Crippen LogP contribution in [-0.4, -0.2) is 71.4 Å². The highest BCUT2D eigenvalue weighted by Crippen LogP contribution is 2.66. The number of aliphatic hydroxyl groups excluding tert-OH is 2. The smallest absolute Gasteiger partial charge is 0.398 e. The number of nitrogens with two attached hydrogens (primary N) is 1. The van der Waals surface area contributed by atoms with Gasteiger partial charge in [-0.1, -0.05) is 0 Å². The van der Waals surface area contributed by atoms with Crippen molar-refractivity contribution < 1.29 is 66.1 Å². The topological polar surface area (TPSA) is 280 Å². The van der Waals surface area contributed by atoms with Crippen LogP contribution in [0.5, 0.6) is 5.75 Å². The van der Waals surface area contributed by atoms with E-state index in [-0.39, 0.29) is 6.61 Å². The molecule has 1 fully saturated rings. The lowest BCUT2D eigenvalue weighted by Gasteiger charge is -2.20. The Balaban J connectivity index is 2.31. The minimum Gasteiger partial charge on any atom is -0.398 e. The molecule has 8 N–H and O–H groups in total. The lowest BCUT2D eigenvalue weighted by atomic mass is 10.1. The van der Waals surface area contributed by atoms with Crippen LogP contribution in [0, 0.1) is 0 Å². The molecule has 2 rings (SSSR count). The maximum atomic E-state index is 12.1. The number of aromatic nitrogens is 2. The average molecular weight is 513 g/mol. The van der Waals surface area contributed by atoms with Crippen LogP contribution in [-0.2, 0) is 31.8 Å². The summed E-state index contributed by atoms with van der Waals surface area (Å²) < 4.78 is 56.1. The van der Waals surface area contributed by atoms with E-state index in [2.05, 4.69) is 18.1 Å². The van der Waals surface area contributed by atoms with E-state index in [1.54, 1.807) is 0 Å². The molecule has 18 nitrogen and oxygen atoms in total. The third-order valence-electron chi connectivity index (χ3n) is 3.52. The van der Waals surface area contributed by atoms with Crippen molar-refractivity contribution in [1.29, 1.82) is 0 Å². The minimum absolute atomic E-state index is 0.166. The summed E-state index contributed by atoms with van der Waals surface area (Å²) >= 11 is 0. The lowest BCUT2D eigenvalue weighted by molar-refractivity contribution is -0.0615. The Kier molecular flexibility index (Phi) is 7.83. The molecule has 178 valence electrons. The Labute approximate surface area is 172 Å². The summed E-state index contributed by atoms with van der Waals surface area (Å²) in [5.41, 5.74) is 4.25. The second-order valence-corrected chi connectivity index (χ2v) is 10.2. The van der Waals surface area contributed by atoms with Crippen LogP contribution in [0.4, 0.5) is 5.82 Å². The monoisotopic (exact) mass is 513 g/mol. The second kappa shape index (κ2) is 9.33. The molecule has 6 atom stereocenters. The summed E-state index contributed by atoms with van der Waals surface area (Å²) in [4.78, 5) is 51.1. The Morgan fingerprint density at radius 3 is 2.29 bits per heavy atom. The third kappa shape index (κ3) is 6.87. The highest BCUT2D eigenvalue weighted by Gasteiger charge is 2.45. The number of anilines is 1. The van der Waals surface area contributed by atoms with Crippen molar-refractivity contribution in [2.24, 2.45) is 0 Å². The van der Waals surface area contributed by atoms with Gasteiger partial charge in [0.15, 0.2) is 17.8 Å². The van der Waals surface area contributed by atoms with Gasteiger partial charge in [-0.25, -0.2) is 18.5 Å². The van der Waals surface area contributed by atoms with E-state index >= 15 is 0 Å². The Morgan fingerprint density at radius 1 is 1.13 bits per heavy atom. The number of phosphoric acid groups is 3. The molecule has 1 aliphatic heterocycles. The van der Waals surface area contributed by atoms with Crippen LogP contribution in [0.2, 0.25) is 0 Å². The summed E-state index contributed by atoms with van der Waals surface area (Å²) in [7, 11) is -15.8. The van der Waals surface area contributed by atoms with Gasteiger partial charge in [-0.05, 0) is 0 Å². The molecule has 1 saturated heterocycles. The van der Waals surface area contributed by atoms with E-state index in [1.807, 2.05) is 0 Å². The van der Waals surface area contributed by atoms with E-state index in [4.69, 9.17) is 29.9 Å². The maximum absolute atomic E-state index is 12.1. The van der Waals surface area contributed by atoms with Gasteiger partial charge in [0, 0.05) is 7.11 Å². The molecule has 1 aromatic rings. The first kappa shape index (κ1) is 26.0. The van der Waals surface area contributed by atoms with Gasteiger partial charge >= 0.3 is 29.2 Å². The van der Waals surface area contributed by atoms with Gasteiger partial charge in [-0.3, -0.25) is 9.46 Å². The zero-order valence-electron chi connectivity index (χ0n) is 15.3. The van der Waals surface area contributed by atoms with Crippen LogP contribution in [0.3, 0.4) is 0 Å². The van der Waals surface area contributed by atoms with Gasteiger partial charge in [0.25, 0.3) is 0 Å². The molecular formula is C10H18N3O15P3. The molecule has 0 aromatic carbocycles. The Bertz CT molecular complexity index is 1010. The highest BCUT2D eigenvalue weighted by molar-refractivity contribution is 7.66. The van der Waals surface area contributed by atoms with E-state index in [9.17, 15) is 33.6 Å². The molecule has 0 bridgehead atoms. The van der Waals surface area contributed by atoms with Crippen molar-refractivity contribution in [2.75, 3.05) is 19.5 Å². The Hall–Kier alpha value is -1.23. The second-order valence-electron chi connectivity index (χ2n) is 5.86. The SMILES string of the molecule is COC[C@H]1O[C@@H](n2cc(OP(=O)(O)OP(=O)(O)OP(=O)(O)O)c(N)nc2=O)[C@H](O)[C@@H]1O. The van der Waals surface area contributed by atoms with Gasteiger partial charge in [-0.15, -0.1) is 0 Å². The van der Waals surface area contributed by atoms with Crippen molar-refractivity contribution >= 4 is 29.3 Å². The summed E-state index contributed by atoms with van der Waals surface area (Å²) in [6.45, 7) is -0.166. The van der Waals surface area contributed by atoms with Crippen LogP contribution < -0.4 is 15.9 Å². The molecule has 31 heavy (non-hydrogen) atoms. The first-order valence-corrected chi connectivity index (χ1v) is 12.3. The maximum Gasteiger partial charge on any atom is 0.536 e. The zero-order chi connectivity index (χ0) is 23.8. The zero-order valence-corrected chi connectivity index (χ0v) is 17.9. The number of nitrogen functional groups attached to an aromatic ring is 1. The number of ether oxygens (including phenoxy) is 2. The molecule has 2 unspecified atom stereocenters. The number of nitrogens with zero attached hydrogens (tertiary/aromatic N) is 2. The number of phosphoric ester groups is 1. The summed E-state index contributed by atoms with van der Waals surface area (Å²) in [5.74, 6) is -1.72. The standard InChI is InChI=1S/C10H18N3O15P3/c1-24-3-5-6(14)7(15)9(25-5)13-2-4(8(11)12-10(13)16)26-30(20,21)28-31(22,23)27-29(17,18)19/h2,5-7,9,14-15H,3H2,1H3,(H,20,21)(H,22,23)(H2,11,12,16)(H2,17,18,19)/t5-,6-,7-,9-/m1/s1. The van der Waals surface area contributed by atoms with Gasteiger partial charge < -0.3 is 44.6 Å². The first-order chi connectivity index (χ1) is 14.1. The van der Waals surface area contributed by atoms with Crippen molar-refractivity contribution in [2.45, 2.75) is 24.5 Å². The minimum atomic E-state index is -5.81. The van der Waals surface area contributed by atoms with Crippen LogP contribution in [0.25, 0.3) is 0 Å². The predicted octanol–water partition coefficient (Wildman–Crippen LogP) is -2.20. The number of hydrogen-bond acceptors (Lipinski definition) is 13. The van der Waals surface area contributed by atoms with Crippen LogP contribution in [0.1, 0.15) is 6.23 Å². The molecule has 0 aliphatic carbocycles. The fraction of sp³-hybridized carbons (Fsp3) is 0.600. The van der Waals surface area contributed by atoms with Crippen molar-refractivity contribution in [3.8, 4) is 5.75 Å². The van der Waals surface area contributed by atoms with Crippen molar-refractivity contribution in [3.63, 3.8) is 0 Å². The fourth-order valence-corrected chi connectivity index (χ4v) is 5.43. The molecule has 0 spiro atoms. The van der Waals surface area contributed by atoms with Crippen LogP contribution >= 0.6 is 23.5 Å². The number of hydrogen-bond donors (Lipinski definition) is 7. The summed E-state index contributed by atoms with van der Waals surface area (Å²) in [6, 6.07) is 0. The summed E-state index contributed by atoms with van der Waals surface area (Å²) in [5, 5.41) is 20.1. The fourth-order valence-electron chi connectivity index (χ4n) is 2.40. The van der Waals surface area contributed by atoms with E-state index in [0.717, 1.165) is 0 Å². The van der Waals surface area contributed by atoms with E-state index < -0.39 is 65.3 Å². The largest absolute Gasteiger partial charge is 0.536 e. The third-order valence-corrected chi connectivity index (χ3v) is 7.27. The van der Waals surface area contributed by atoms with Gasteiger partial charge in [-0.2, -0.15) is 13.6 Å². The molecule has 1 aromatic heterocycles. The van der Waals surface area contributed by atoms with Gasteiger partial charge in [0.05, 0.1) is 12.8 Å². The molecular weight excluding hydrogens is 495 g/mol. The van der Waals surface area contributed by atoms with Crippen LogP contribution in [0.15, 0.2) is 11.0 Å². The lowest BCUT2D eigenvalue weighted by Crippen LogP contribution is -2.36. The van der Waals surface area contributed by atoms with Crippen molar-refractivity contribution in [1.82, 2.24) is 9.55 Å². The number of rotatable bonds is 9. The quantitative estimate of drug-likeness (QED) is 0.172. The number of aliphatic hydroxyl groups is 2. The molecule has 0 amide bonds. The van der Waals surface area contributed by atoms with Gasteiger partial charge in [0.1, 0.15) is 18.3 Å². The molecule has 1 aliphatic rings. The molecule has 0 saturated carbocycles. The summed E-state index contributed by atoms with van der Waals surface area (Å²) in [6.07, 6.45) is -5.19. The normalized spacial score (nSPS) is 28.1. The predicted molar refractivity (Wildman–Crippen MR) is 95.2 cm³/mol. The molecule has 2 heterocycles. The highest BCUT2D eigenvalue weighted by atomic mass is 31.3. The first-order valence-electron chi connectivity index (χ1n) is 7.78. The number of methoxy groups -OCH3 is 1. The van der Waals surface area contributed by atoms with Crippen molar-refractivity contribution in [3.05, 3.63) is 16.7 Å². The average Bonchev–Trinajstić information content (AvgIpc) is 2.82. The molecule has 0 radical (unpaired) electrons.